The zero-order valence-corrected chi connectivity index (χ0v) is 28.4. The number of nitrogens with one attached hydrogen (secondary N) is 1. The first-order valence-electron chi connectivity index (χ1n) is 13.5. The number of phenols is 2. The zero-order valence-electron chi connectivity index (χ0n) is 24.2. The van der Waals surface area contributed by atoms with Crippen LogP contribution in [0.15, 0.2) is 66.7 Å². The molecule has 1 heterocycles. The van der Waals surface area contributed by atoms with Crippen molar-refractivity contribution in [1.29, 1.82) is 0 Å². The van der Waals surface area contributed by atoms with Crippen LogP contribution < -0.4 is 20.7 Å². The Labute approximate surface area is 277 Å². The van der Waals surface area contributed by atoms with Gasteiger partial charge in [0.15, 0.2) is 0 Å². The van der Waals surface area contributed by atoms with E-state index >= 15 is 0 Å². The fourth-order valence-electron chi connectivity index (χ4n) is 3.48. The molecule has 1 fully saturated rings. The van der Waals surface area contributed by atoms with Gasteiger partial charge in [0.1, 0.15) is 22.8 Å². The normalized spacial score (nSPS) is 16.5. The smallest absolute Gasteiger partial charge is 0.347 e. The lowest BCUT2D eigenvalue weighted by atomic mass is 10.1. The minimum atomic E-state index is -1.79. The highest BCUT2D eigenvalue weighted by molar-refractivity contribution is 9.43. The lowest BCUT2D eigenvalue weighted by molar-refractivity contribution is -0.757. The molecule has 1 amide bonds. The number of aromatic hydroxyl groups is 2. The van der Waals surface area contributed by atoms with Gasteiger partial charge in [-0.15, -0.1) is 20.2 Å². The number of rotatable bonds is 14. The third kappa shape index (κ3) is 11.6. The van der Waals surface area contributed by atoms with Crippen molar-refractivity contribution in [3.05, 3.63) is 92.5 Å². The molecule has 0 spiro atoms. The standard InChI is InChI=1S/C23H20N2O8P2S3.C4H9NO3/c26-16-4-10-19(11-5-16)35(36)37-34(38-35)18-8-6-17(7-9-18)33-23(29)20-14-15(3-12-21(20)27)24-22(28)2-1-13-32-25(30)31;1-2-3-4-8-5(6)7/h3-12,14,26-27H,1-2,13H2,(H,24,28);2-4H2,1H3. The number of ether oxygens (including phenoxy) is 1. The maximum Gasteiger partial charge on any atom is 0.347 e. The van der Waals surface area contributed by atoms with Crippen LogP contribution in [-0.4, -0.2) is 45.5 Å². The highest BCUT2D eigenvalue weighted by Crippen LogP contribution is 2.99. The van der Waals surface area contributed by atoms with Crippen LogP contribution in [0.2, 0.25) is 0 Å². The van der Waals surface area contributed by atoms with Gasteiger partial charge in [-0.1, -0.05) is 47.2 Å². The van der Waals surface area contributed by atoms with E-state index in [-0.39, 0.29) is 48.8 Å². The summed E-state index contributed by atoms with van der Waals surface area (Å²) in [7, 11) is 0. The van der Waals surface area contributed by atoms with E-state index in [9.17, 15) is 40.0 Å². The van der Waals surface area contributed by atoms with Crippen molar-refractivity contribution >= 4 is 72.7 Å². The van der Waals surface area contributed by atoms with Crippen LogP contribution in [0.4, 0.5) is 5.69 Å². The van der Waals surface area contributed by atoms with Crippen molar-refractivity contribution in [3.63, 3.8) is 0 Å². The van der Waals surface area contributed by atoms with E-state index in [1.807, 2.05) is 31.2 Å². The molecule has 3 aromatic carbocycles. The summed E-state index contributed by atoms with van der Waals surface area (Å²) in [5, 5.41) is 42.3. The van der Waals surface area contributed by atoms with Gasteiger partial charge in [-0.2, -0.15) is 0 Å². The van der Waals surface area contributed by atoms with Crippen LogP contribution in [0.25, 0.3) is 0 Å². The first-order valence-corrected chi connectivity index (χ1v) is 21.7. The molecular weight excluding hydrogens is 700 g/mol. The van der Waals surface area contributed by atoms with E-state index in [4.69, 9.17) is 16.5 Å². The number of hydrogen-bond donors (Lipinski definition) is 3. The van der Waals surface area contributed by atoms with Crippen LogP contribution in [0.5, 0.6) is 17.2 Å². The Balaban J connectivity index is 0.000000637. The maximum absolute atomic E-state index is 12.7. The molecule has 19 heteroatoms. The summed E-state index contributed by atoms with van der Waals surface area (Å²) >= 11 is 9.42. The lowest BCUT2D eigenvalue weighted by Crippen LogP contribution is -2.14. The van der Waals surface area contributed by atoms with Crippen LogP contribution in [0, 0.1) is 20.2 Å². The highest BCUT2D eigenvalue weighted by Gasteiger charge is 2.40. The number of anilines is 1. The molecule has 46 heavy (non-hydrogen) atoms. The molecule has 246 valence electrons. The van der Waals surface area contributed by atoms with Crippen molar-refractivity contribution in [1.82, 2.24) is 0 Å². The Morgan fingerprint density at radius 1 is 0.935 bits per heavy atom. The van der Waals surface area contributed by atoms with E-state index in [2.05, 4.69) is 15.0 Å². The third-order valence-electron chi connectivity index (χ3n) is 5.73. The highest BCUT2D eigenvalue weighted by atomic mass is 33.7. The monoisotopic (exact) mass is 729 g/mol. The first kappa shape index (κ1) is 36.8. The van der Waals surface area contributed by atoms with Crippen molar-refractivity contribution in [2.24, 2.45) is 0 Å². The van der Waals surface area contributed by atoms with E-state index < -0.39 is 32.8 Å². The number of nitrogens with zero attached hydrogens (tertiary/aromatic N) is 2. The van der Waals surface area contributed by atoms with Gasteiger partial charge < -0.3 is 29.9 Å². The number of hydrogen-bond acceptors (Lipinski definition) is 14. The number of phenolic OH excluding ortho intramolecular Hbond substituents is 2. The number of esters is 1. The summed E-state index contributed by atoms with van der Waals surface area (Å²) in [5.74, 6) is -1.04. The largest absolute Gasteiger partial charge is 0.508 e. The summed E-state index contributed by atoms with van der Waals surface area (Å²) in [5.41, 5.74) is 0.129. The van der Waals surface area contributed by atoms with Crippen molar-refractivity contribution in [3.8, 4) is 17.2 Å². The van der Waals surface area contributed by atoms with Crippen LogP contribution in [-0.2, 0) is 26.3 Å². The second-order valence-corrected chi connectivity index (χ2v) is 25.9. The molecule has 0 aromatic heterocycles. The van der Waals surface area contributed by atoms with Crippen molar-refractivity contribution in [2.45, 2.75) is 32.6 Å². The predicted octanol–water partition coefficient (Wildman–Crippen LogP) is 6.29. The average Bonchev–Trinajstić information content (AvgIpc) is 3.00. The Kier molecular flexibility index (Phi) is 14.3. The molecule has 3 aromatic rings. The Morgan fingerprint density at radius 2 is 1.54 bits per heavy atom. The van der Waals surface area contributed by atoms with Gasteiger partial charge in [0.2, 0.25) is 5.91 Å². The Hall–Kier alpha value is -3.62. The van der Waals surface area contributed by atoms with E-state index in [0.29, 0.717) is 5.75 Å². The lowest BCUT2D eigenvalue weighted by Gasteiger charge is -2.37. The molecule has 0 aliphatic carbocycles. The van der Waals surface area contributed by atoms with Gasteiger partial charge >= 0.3 is 5.97 Å². The molecule has 4 rings (SSSR count). The predicted molar refractivity (Wildman–Crippen MR) is 182 cm³/mol. The molecule has 1 aliphatic rings. The summed E-state index contributed by atoms with van der Waals surface area (Å²) in [6.45, 7) is 1.96. The molecule has 1 saturated heterocycles. The molecule has 0 radical (unpaired) electrons. The zero-order chi connectivity index (χ0) is 33.7. The Morgan fingerprint density at radius 3 is 2.13 bits per heavy atom. The maximum atomic E-state index is 12.7. The van der Waals surface area contributed by atoms with Gasteiger partial charge in [-0.25, -0.2) is 4.79 Å². The van der Waals surface area contributed by atoms with Crippen LogP contribution in [0.1, 0.15) is 43.0 Å². The number of benzene rings is 3. The topological polar surface area (TPSA) is 201 Å². The number of unbranched alkanes of at least 4 members (excludes halogenated alkanes) is 1. The quantitative estimate of drug-likeness (QED) is 0.0318. The molecular formula is C27H29N3O11P2S3. The number of carbonyl (C=O) groups is 2. The molecule has 1 aliphatic heterocycles. The molecule has 0 bridgehead atoms. The van der Waals surface area contributed by atoms with E-state index in [1.54, 1.807) is 46.3 Å². The second kappa shape index (κ2) is 17.9. The summed E-state index contributed by atoms with van der Waals surface area (Å²) in [4.78, 5) is 52.5. The minimum absolute atomic E-state index is 0.0243. The van der Waals surface area contributed by atoms with Gasteiger partial charge in [0.25, 0.3) is 10.2 Å². The van der Waals surface area contributed by atoms with Crippen LogP contribution in [0.3, 0.4) is 0 Å². The molecule has 14 nitrogen and oxygen atoms in total. The first-order chi connectivity index (χ1) is 21.9. The van der Waals surface area contributed by atoms with E-state index in [1.165, 1.54) is 18.2 Å². The fourth-order valence-corrected chi connectivity index (χ4v) is 29.4. The van der Waals surface area contributed by atoms with Crippen molar-refractivity contribution < 1.29 is 44.4 Å². The SMILES string of the molecule is CCCCO[N+](=O)[O-].O=C(CCCO[N+](=O)[O-])Nc1ccc(O)c(C(=O)Oc2ccc(P3SP(=S)(c4ccc(O)cc4)S3)cc2)c1. The van der Waals surface area contributed by atoms with Gasteiger partial charge in [-0.3, -0.25) is 4.79 Å². The summed E-state index contributed by atoms with van der Waals surface area (Å²) in [6.07, 6.45) is 1.23. The molecule has 0 saturated carbocycles. The average molecular weight is 730 g/mol. The summed E-state index contributed by atoms with van der Waals surface area (Å²) < 4.78 is 3.63. The molecule has 0 atom stereocenters. The van der Waals surface area contributed by atoms with Crippen LogP contribution >= 0.6 is 32.8 Å². The van der Waals surface area contributed by atoms with Gasteiger partial charge in [0, 0.05) is 17.4 Å². The number of amides is 1. The van der Waals surface area contributed by atoms with Crippen molar-refractivity contribution in [2.75, 3.05) is 18.5 Å². The third-order valence-corrected chi connectivity index (χ3v) is 30.8. The fraction of sp³-hybridized carbons (Fsp3) is 0.259. The van der Waals surface area contributed by atoms with Gasteiger partial charge in [-0.05, 0) is 84.9 Å². The van der Waals surface area contributed by atoms with Gasteiger partial charge in [0.05, 0.1) is 24.0 Å². The molecule has 0 unspecified atom stereocenters. The summed E-state index contributed by atoms with van der Waals surface area (Å²) in [6, 6.07) is 18.1. The Bertz CT molecular complexity index is 1570. The van der Waals surface area contributed by atoms with E-state index in [0.717, 1.165) is 23.5 Å². The minimum Gasteiger partial charge on any atom is -0.508 e. The number of carbonyl (C=O) groups excluding carboxylic acids is 2. The second-order valence-electron chi connectivity index (χ2n) is 9.17. The molecule has 3 N–H and O–H groups in total.